The Morgan fingerprint density at radius 1 is 1.39 bits per heavy atom. The third-order valence-corrected chi connectivity index (χ3v) is 5.43. The third kappa shape index (κ3) is 4.76. The van der Waals surface area contributed by atoms with Gasteiger partial charge in [0.2, 0.25) is 0 Å². The molecule has 11 heteroatoms. The molecule has 0 spiro atoms. The van der Waals surface area contributed by atoms with Crippen molar-refractivity contribution < 1.29 is 37.6 Å². The first-order valence-electron chi connectivity index (χ1n) is 5.34. The zero-order chi connectivity index (χ0) is 14.1. The van der Waals surface area contributed by atoms with Gasteiger partial charge in [-0.2, -0.15) is 0 Å². The lowest BCUT2D eigenvalue weighted by Gasteiger charge is -2.19. The maximum absolute atomic E-state index is 11.6. The molecule has 1 saturated heterocycles. The minimum atomic E-state index is -4.88. The van der Waals surface area contributed by atoms with Gasteiger partial charge in [-0.1, -0.05) is 6.92 Å². The predicted octanol–water partition coefficient (Wildman–Crippen LogP) is -0.710. The molecular weight excluding hydrogens is 285 g/mol. The molecule has 0 saturated carbocycles. The van der Waals surface area contributed by atoms with Gasteiger partial charge in [-0.15, -0.1) is 0 Å². The average Bonchev–Trinajstić information content (AvgIpc) is 2.39. The highest BCUT2D eigenvalue weighted by molar-refractivity contribution is 7.63. The number of aliphatic hydroxyl groups excluding tert-OH is 1. The highest BCUT2D eigenvalue weighted by atomic mass is 31.3. The van der Waals surface area contributed by atoms with E-state index < -0.39 is 27.6 Å². The molecule has 106 valence electrons. The maximum atomic E-state index is 11.6. The highest BCUT2D eigenvalue weighted by Crippen LogP contribution is 2.58. The maximum Gasteiger partial charge on any atom is 0.476 e. The Kier molecular flexibility index (Phi) is 5.20. The minimum Gasteiger partial charge on any atom is -0.390 e. The van der Waals surface area contributed by atoms with Crippen molar-refractivity contribution >= 4 is 23.3 Å². The first-order chi connectivity index (χ1) is 8.02. The molecule has 1 rings (SSSR count). The van der Waals surface area contributed by atoms with Gasteiger partial charge in [-0.3, -0.25) is 4.57 Å². The molecular formula is C7H17BO8P2. The number of rotatable bonds is 5. The highest BCUT2D eigenvalue weighted by Gasteiger charge is 2.40. The number of aliphatic hydroxyl groups is 1. The van der Waals surface area contributed by atoms with Gasteiger partial charge in [-0.05, 0) is 0 Å². The van der Waals surface area contributed by atoms with Gasteiger partial charge in [0.15, 0.2) is 0 Å². The fourth-order valence-corrected chi connectivity index (χ4v) is 3.81. The van der Waals surface area contributed by atoms with Gasteiger partial charge >= 0.3 is 15.4 Å². The first-order valence-corrected chi connectivity index (χ1v) is 8.86. The fraction of sp³-hybridized carbons (Fsp3) is 1.00. The minimum absolute atomic E-state index is 0.0995. The molecule has 0 amide bonds. The van der Waals surface area contributed by atoms with Crippen LogP contribution < -0.4 is 0 Å². The van der Waals surface area contributed by atoms with Crippen LogP contribution in [0.15, 0.2) is 0 Å². The van der Waals surface area contributed by atoms with Crippen LogP contribution in [0.4, 0.5) is 0 Å². The second-order valence-electron chi connectivity index (χ2n) is 4.37. The van der Waals surface area contributed by atoms with Gasteiger partial charge in [-0.25, -0.2) is 8.88 Å². The van der Waals surface area contributed by atoms with E-state index in [0.717, 1.165) is 6.66 Å². The number of ether oxygens (including phenoxy) is 1. The SMILES string of the molecule is B[C@@H]1O[C@H](COP(C)(=O)OP(=O)(O)O)C(O)[C@H]1C. The van der Waals surface area contributed by atoms with E-state index in [-0.39, 0.29) is 18.5 Å². The Morgan fingerprint density at radius 2 is 1.94 bits per heavy atom. The van der Waals surface area contributed by atoms with Crippen LogP contribution in [-0.2, 0) is 22.7 Å². The molecule has 0 bridgehead atoms. The largest absolute Gasteiger partial charge is 0.476 e. The predicted molar refractivity (Wildman–Crippen MR) is 65.0 cm³/mol. The van der Waals surface area contributed by atoms with Crippen LogP contribution in [0.5, 0.6) is 0 Å². The van der Waals surface area contributed by atoms with Crippen LogP contribution in [0.3, 0.4) is 0 Å². The summed E-state index contributed by atoms with van der Waals surface area (Å²) in [5, 5.41) is 9.77. The molecule has 3 N–H and O–H groups in total. The van der Waals surface area contributed by atoms with Gasteiger partial charge in [0, 0.05) is 18.6 Å². The molecule has 1 aliphatic heterocycles. The lowest BCUT2D eigenvalue weighted by Crippen LogP contribution is -2.29. The summed E-state index contributed by atoms with van der Waals surface area (Å²) in [6.45, 7) is 2.48. The summed E-state index contributed by atoms with van der Waals surface area (Å²) in [6.07, 6.45) is -1.47. The molecule has 0 radical (unpaired) electrons. The molecule has 0 aromatic heterocycles. The van der Waals surface area contributed by atoms with E-state index in [1.807, 2.05) is 0 Å². The molecule has 2 unspecified atom stereocenters. The molecule has 1 aliphatic rings. The van der Waals surface area contributed by atoms with E-state index in [9.17, 15) is 14.2 Å². The molecule has 5 atom stereocenters. The number of hydrogen-bond acceptors (Lipinski definition) is 6. The molecule has 0 aromatic rings. The quantitative estimate of drug-likeness (QED) is 0.449. The smallest absolute Gasteiger partial charge is 0.390 e. The molecule has 0 aliphatic carbocycles. The van der Waals surface area contributed by atoms with Crippen LogP contribution in [0, 0.1) is 5.92 Å². The van der Waals surface area contributed by atoms with Crippen molar-refractivity contribution in [2.24, 2.45) is 5.92 Å². The van der Waals surface area contributed by atoms with Crippen LogP contribution in [0.2, 0.25) is 0 Å². The Hall–Kier alpha value is 0.285. The van der Waals surface area contributed by atoms with Crippen LogP contribution in [-0.4, -0.2) is 54.2 Å². The Labute approximate surface area is 106 Å². The zero-order valence-corrected chi connectivity index (χ0v) is 12.1. The standard InChI is InChI=1S/C7H17BO8P2/c1-4-6(9)5(15-7(4)8)3-14-17(2,10)16-18(11,12)13/h4-7,9H,3,8H2,1-2H3,(H2,11,12,13)/t4-,5-,6?,7-,17?/m1/s1. The van der Waals surface area contributed by atoms with Gasteiger partial charge < -0.3 is 24.2 Å². The lowest BCUT2D eigenvalue weighted by atomic mass is 9.86. The summed E-state index contributed by atoms with van der Waals surface area (Å²) >= 11 is 0. The van der Waals surface area contributed by atoms with E-state index in [2.05, 4.69) is 4.31 Å². The second-order valence-corrected chi connectivity index (χ2v) is 7.80. The number of phosphoric acid groups is 1. The van der Waals surface area contributed by atoms with Crippen molar-refractivity contribution in [3.8, 4) is 0 Å². The monoisotopic (exact) mass is 302 g/mol. The molecule has 1 heterocycles. The van der Waals surface area contributed by atoms with Crippen LogP contribution in [0.1, 0.15) is 6.92 Å². The van der Waals surface area contributed by atoms with Gasteiger partial charge in [0.05, 0.1) is 12.7 Å². The van der Waals surface area contributed by atoms with E-state index in [4.69, 9.17) is 19.0 Å². The first kappa shape index (κ1) is 16.3. The van der Waals surface area contributed by atoms with E-state index in [1.54, 1.807) is 14.8 Å². The summed E-state index contributed by atoms with van der Waals surface area (Å²) in [6, 6.07) is -0.174. The van der Waals surface area contributed by atoms with Crippen LogP contribution in [0.25, 0.3) is 0 Å². The summed E-state index contributed by atoms with van der Waals surface area (Å²) in [5.74, 6) is -0.0995. The van der Waals surface area contributed by atoms with Crippen molar-refractivity contribution in [1.82, 2.24) is 0 Å². The topological polar surface area (TPSA) is 123 Å². The lowest BCUT2D eigenvalue weighted by molar-refractivity contribution is -0.000219. The zero-order valence-electron chi connectivity index (χ0n) is 10.3. The Bertz CT molecular complexity index is 384. The van der Waals surface area contributed by atoms with Crippen molar-refractivity contribution in [3.05, 3.63) is 0 Å². The van der Waals surface area contributed by atoms with Gasteiger partial charge in [0.25, 0.3) is 0 Å². The summed E-state index contributed by atoms with van der Waals surface area (Å²) in [5.41, 5.74) is 0. The van der Waals surface area contributed by atoms with Gasteiger partial charge in [0.1, 0.15) is 14.0 Å². The van der Waals surface area contributed by atoms with Crippen molar-refractivity contribution in [3.63, 3.8) is 0 Å². The second kappa shape index (κ2) is 5.73. The Balaban J connectivity index is 2.51. The van der Waals surface area contributed by atoms with E-state index >= 15 is 0 Å². The van der Waals surface area contributed by atoms with Crippen LogP contribution >= 0.6 is 15.4 Å². The molecule has 0 aromatic carbocycles. The Morgan fingerprint density at radius 3 is 2.33 bits per heavy atom. The van der Waals surface area contributed by atoms with Crippen molar-refractivity contribution in [2.75, 3.05) is 13.3 Å². The van der Waals surface area contributed by atoms with E-state index in [0.29, 0.717) is 0 Å². The average molecular weight is 302 g/mol. The van der Waals surface area contributed by atoms with Crippen molar-refractivity contribution in [2.45, 2.75) is 25.1 Å². The normalized spacial score (nSPS) is 36.5. The molecule has 1 fully saturated rings. The fourth-order valence-electron chi connectivity index (χ4n) is 1.66. The third-order valence-electron chi connectivity index (χ3n) is 2.78. The summed E-state index contributed by atoms with van der Waals surface area (Å²) < 4.78 is 36.3. The molecule has 8 nitrogen and oxygen atoms in total. The summed E-state index contributed by atoms with van der Waals surface area (Å²) in [7, 11) is -6.98. The molecule has 18 heavy (non-hydrogen) atoms. The van der Waals surface area contributed by atoms with E-state index in [1.165, 1.54) is 0 Å². The summed E-state index contributed by atoms with van der Waals surface area (Å²) in [4.78, 5) is 17.1. The number of hydrogen-bond donors (Lipinski definition) is 3. The van der Waals surface area contributed by atoms with Crippen molar-refractivity contribution in [1.29, 1.82) is 0 Å².